The molecule has 20 heavy (non-hydrogen) atoms. The number of rotatable bonds is 4. The summed E-state index contributed by atoms with van der Waals surface area (Å²) in [7, 11) is 4.16. The first kappa shape index (κ1) is 14.8. The van der Waals surface area contributed by atoms with Gasteiger partial charge >= 0.3 is 0 Å². The van der Waals surface area contributed by atoms with Crippen LogP contribution in [0.1, 0.15) is 18.5 Å². The van der Waals surface area contributed by atoms with Crippen molar-refractivity contribution in [1.29, 1.82) is 0 Å². The molecule has 0 bridgehead atoms. The Labute approximate surface area is 124 Å². The van der Waals surface area contributed by atoms with Gasteiger partial charge in [0.25, 0.3) is 0 Å². The molecule has 2 aromatic rings. The fourth-order valence-corrected chi connectivity index (χ4v) is 2.30. The largest absolute Gasteiger partial charge is 0.384 e. The van der Waals surface area contributed by atoms with Crippen LogP contribution in [0.2, 0.25) is 0 Å². The van der Waals surface area contributed by atoms with E-state index in [1.54, 1.807) is 0 Å². The monoisotopic (exact) mass is 288 g/mol. The van der Waals surface area contributed by atoms with Crippen LogP contribution in [0.15, 0.2) is 35.5 Å². The number of thioether (sulfide) groups is 1. The van der Waals surface area contributed by atoms with Crippen LogP contribution >= 0.6 is 11.8 Å². The van der Waals surface area contributed by atoms with Crippen molar-refractivity contribution in [1.82, 2.24) is 14.9 Å². The van der Waals surface area contributed by atoms with Crippen molar-refractivity contribution in [3.05, 3.63) is 35.9 Å². The number of aromatic nitrogens is 2. The maximum Gasteiger partial charge on any atom is 0.189 e. The summed E-state index contributed by atoms with van der Waals surface area (Å²) < 4.78 is 0. The van der Waals surface area contributed by atoms with E-state index in [-0.39, 0.29) is 0 Å². The number of hydrogen-bond donors (Lipinski definition) is 1. The molecule has 0 unspecified atom stereocenters. The Morgan fingerprint density at radius 1 is 1.15 bits per heavy atom. The van der Waals surface area contributed by atoms with Gasteiger partial charge in [0.1, 0.15) is 5.82 Å². The normalized spacial score (nSPS) is 12.7. The summed E-state index contributed by atoms with van der Waals surface area (Å²) in [5.41, 5.74) is 9.03. The van der Waals surface area contributed by atoms with Gasteiger partial charge < -0.3 is 10.6 Å². The summed E-state index contributed by atoms with van der Waals surface area (Å²) >= 11 is 1.49. The van der Waals surface area contributed by atoms with Gasteiger partial charge in [0.2, 0.25) is 0 Å². The van der Waals surface area contributed by atoms with Crippen LogP contribution < -0.4 is 5.73 Å². The molecular formula is C15H20N4S. The third-order valence-corrected chi connectivity index (χ3v) is 3.92. The van der Waals surface area contributed by atoms with Crippen LogP contribution in [0.25, 0.3) is 11.3 Å². The highest BCUT2D eigenvalue weighted by Crippen LogP contribution is 2.24. The lowest BCUT2D eigenvalue weighted by Crippen LogP contribution is -2.16. The number of nitrogens with zero attached hydrogens (tertiary/aromatic N) is 3. The topological polar surface area (TPSA) is 55.0 Å². The molecule has 1 heterocycles. The van der Waals surface area contributed by atoms with E-state index < -0.39 is 0 Å². The fourth-order valence-electron chi connectivity index (χ4n) is 1.91. The van der Waals surface area contributed by atoms with Gasteiger partial charge in [-0.3, -0.25) is 0 Å². The molecule has 0 fully saturated rings. The SMILES string of the molecule is CSc1nc(N)cc(-c2ccc([C@@H](C)N(C)C)cc2)n1. The van der Waals surface area contributed by atoms with E-state index in [0.717, 1.165) is 11.3 Å². The second kappa shape index (κ2) is 6.24. The van der Waals surface area contributed by atoms with E-state index in [4.69, 9.17) is 5.73 Å². The van der Waals surface area contributed by atoms with Gasteiger partial charge in [-0.05, 0) is 32.8 Å². The summed E-state index contributed by atoms with van der Waals surface area (Å²) in [5, 5.41) is 0.700. The average molecular weight is 288 g/mol. The van der Waals surface area contributed by atoms with Crippen LogP contribution in [-0.2, 0) is 0 Å². The molecule has 0 saturated carbocycles. The Morgan fingerprint density at radius 3 is 2.35 bits per heavy atom. The fraction of sp³-hybridized carbons (Fsp3) is 0.333. The summed E-state index contributed by atoms with van der Waals surface area (Å²) in [6.07, 6.45) is 1.94. The van der Waals surface area contributed by atoms with Gasteiger partial charge in [0, 0.05) is 17.7 Å². The van der Waals surface area contributed by atoms with Crippen LogP contribution in [0.4, 0.5) is 5.82 Å². The molecule has 0 aliphatic rings. The lowest BCUT2D eigenvalue weighted by Gasteiger charge is -2.20. The zero-order chi connectivity index (χ0) is 14.7. The number of hydrogen-bond acceptors (Lipinski definition) is 5. The summed E-state index contributed by atoms with van der Waals surface area (Å²) in [5.74, 6) is 0.505. The lowest BCUT2D eigenvalue weighted by atomic mass is 10.0. The molecule has 106 valence electrons. The zero-order valence-corrected chi connectivity index (χ0v) is 13.1. The maximum absolute atomic E-state index is 5.82. The molecule has 2 rings (SSSR count). The van der Waals surface area contributed by atoms with Crippen LogP contribution in [0.5, 0.6) is 0 Å². The van der Waals surface area contributed by atoms with E-state index in [9.17, 15) is 0 Å². The molecular weight excluding hydrogens is 268 g/mol. The molecule has 0 saturated heterocycles. The Kier molecular flexibility index (Phi) is 4.62. The molecule has 4 nitrogen and oxygen atoms in total. The van der Waals surface area contributed by atoms with Gasteiger partial charge in [0.05, 0.1) is 5.69 Å². The van der Waals surface area contributed by atoms with Crippen molar-refractivity contribution in [2.24, 2.45) is 0 Å². The number of anilines is 1. The third-order valence-electron chi connectivity index (χ3n) is 3.37. The molecule has 1 atom stereocenters. The van der Waals surface area contributed by atoms with Gasteiger partial charge in [-0.1, -0.05) is 36.0 Å². The van der Waals surface area contributed by atoms with Gasteiger partial charge in [-0.15, -0.1) is 0 Å². The maximum atomic E-state index is 5.82. The summed E-state index contributed by atoms with van der Waals surface area (Å²) in [4.78, 5) is 10.8. The van der Waals surface area contributed by atoms with Crippen LogP contribution in [0.3, 0.4) is 0 Å². The first-order valence-electron chi connectivity index (χ1n) is 6.46. The molecule has 5 heteroatoms. The smallest absolute Gasteiger partial charge is 0.189 e. The molecule has 0 aliphatic carbocycles. The lowest BCUT2D eigenvalue weighted by molar-refractivity contribution is 0.321. The van der Waals surface area contributed by atoms with Crippen molar-refractivity contribution in [3.63, 3.8) is 0 Å². The molecule has 0 aliphatic heterocycles. The van der Waals surface area contributed by atoms with Crippen molar-refractivity contribution in [2.75, 3.05) is 26.1 Å². The average Bonchev–Trinajstić information content (AvgIpc) is 2.45. The third kappa shape index (κ3) is 3.29. The zero-order valence-electron chi connectivity index (χ0n) is 12.3. The summed E-state index contributed by atoms with van der Waals surface area (Å²) in [6.45, 7) is 2.18. The molecule has 2 N–H and O–H groups in total. The minimum absolute atomic E-state index is 0.390. The minimum atomic E-state index is 0.390. The highest BCUT2D eigenvalue weighted by atomic mass is 32.2. The molecule has 0 amide bonds. The van der Waals surface area contributed by atoms with Crippen molar-refractivity contribution >= 4 is 17.6 Å². The predicted octanol–water partition coefficient (Wildman–Crippen LogP) is 3.07. The molecule has 1 aromatic carbocycles. The van der Waals surface area contributed by atoms with Crippen molar-refractivity contribution in [3.8, 4) is 11.3 Å². The second-order valence-corrected chi connectivity index (χ2v) is 5.70. The predicted molar refractivity (Wildman–Crippen MR) is 85.8 cm³/mol. The molecule has 0 spiro atoms. The van der Waals surface area contributed by atoms with Crippen molar-refractivity contribution in [2.45, 2.75) is 18.1 Å². The Hall–Kier alpha value is -1.59. The van der Waals surface area contributed by atoms with E-state index in [0.29, 0.717) is 17.0 Å². The van der Waals surface area contributed by atoms with Gasteiger partial charge in [-0.25, -0.2) is 9.97 Å². The van der Waals surface area contributed by atoms with Crippen LogP contribution in [0, 0.1) is 0 Å². The van der Waals surface area contributed by atoms with Gasteiger partial charge in [0.15, 0.2) is 5.16 Å². The number of nitrogen functional groups attached to an aromatic ring is 1. The van der Waals surface area contributed by atoms with Crippen molar-refractivity contribution < 1.29 is 0 Å². The molecule has 1 aromatic heterocycles. The first-order valence-corrected chi connectivity index (χ1v) is 7.69. The first-order chi connectivity index (χ1) is 9.51. The van der Waals surface area contributed by atoms with Gasteiger partial charge in [-0.2, -0.15) is 0 Å². The Bertz CT molecular complexity index is 581. The highest BCUT2D eigenvalue weighted by molar-refractivity contribution is 7.98. The molecule has 0 radical (unpaired) electrons. The van der Waals surface area contributed by atoms with E-state index >= 15 is 0 Å². The quantitative estimate of drug-likeness (QED) is 0.692. The standard InChI is InChI=1S/C15H20N4S/c1-10(19(2)3)11-5-7-12(8-6-11)13-9-14(16)18-15(17-13)20-4/h5-10H,1-4H3,(H2,16,17,18)/t10-/m1/s1. The highest BCUT2D eigenvalue weighted by Gasteiger charge is 2.09. The Morgan fingerprint density at radius 2 is 1.80 bits per heavy atom. The van der Waals surface area contributed by atoms with Crippen LogP contribution in [-0.4, -0.2) is 35.2 Å². The number of benzene rings is 1. The van der Waals surface area contributed by atoms with E-state index in [1.807, 2.05) is 12.3 Å². The second-order valence-electron chi connectivity index (χ2n) is 4.93. The summed E-state index contributed by atoms with van der Waals surface area (Å²) in [6, 6.07) is 10.6. The minimum Gasteiger partial charge on any atom is -0.384 e. The number of nitrogens with two attached hydrogens (primary N) is 1. The van der Waals surface area contributed by atoms with E-state index in [2.05, 4.69) is 60.2 Å². The Balaban J connectivity index is 2.32. The van der Waals surface area contributed by atoms with E-state index in [1.165, 1.54) is 17.3 Å².